The van der Waals surface area contributed by atoms with Crippen LogP contribution >= 0.6 is 0 Å². The molecule has 43 heavy (non-hydrogen) atoms. The summed E-state index contributed by atoms with van der Waals surface area (Å²) >= 11 is 0. The lowest BCUT2D eigenvalue weighted by molar-refractivity contribution is -0.384. The fourth-order valence-corrected chi connectivity index (χ4v) is 4.87. The number of hydrogen-bond donors (Lipinski definition) is 1. The number of likely N-dealkylation sites (N-methyl/N-ethyl adjacent to an activating group) is 2. The average Bonchev–Trinajstić information content (AvgIpc) is 3.21. The molecule has 13 nitrogen and oxygen atoms in total. The van der Waals surface area contributed by atoms with Gasteiger partial charge in [0.05, 0.1) is 53.3 Å². The van der Waals surface area contributed by atoms with Crippen LogP contribution in [0, 0.1) is 21.4 Å². The Morgan fingerprint density at radius 1 is 1.19 bits per heavy atom. The number of anilines is 3. The molecule has 1 aliphatic rings. The van der Waals surface area contributed by atoms with Crippen molar-refractivity contribution >= 4 is 51.6 Å². The van der Waals surface area contributed by atoms with Gasteiger partial charge in [-0.2, -0.15) is 5.26 Å². The minimum atomic E-state index is -0.435. The second-order valence-corrected chi connectivity index (χ2v) is 10.4. The Kier molecular flexibility index (Phi) is 9.42. The minimum absolute atomic E-state index is 0.105. The van der Waals surface area contributed by atoms with E-state index in [9.17, 15) is 20.2 Å². The molecule has 224 valence electrons. The Bertz CT molecular complexity index is 1680. The van der Waals surface area contributed by atoms with E-state index in [-0.39, 0.29) is 24.7 Å². The number of carbonyl (C=O) groups is 1. The standard InChI is InChI=1S/C30H35N9O4/c1-35(2)12-13-37(5)25-17-27(43-6)23(16-26(25)39(41)42)33-30-32-11-10-20(18-31)28(34-30)22-19-38(14-15-40)29-21(22)8-7-9-24(29)36(3)4/h7-10,15-17,19H,11-14H2,1-6H3,(H,32,33). The predicted molar refractivity (Wildman–Crippen MR) is 170 cm³/mol. The molecule has 2 heterocycles. The van der Waals surface area contributed by atoms with Gasteiger partial charge >= 0.3 is 0 Å². The van der Waals surface area contributed by atoms with Crippen LogP contribution in [0.4, 0.5) is 22.7 Å². The van der Waals surface area contributed by atoms with Crippen LogP contribution < -0.4 is 19.9 Å². The number of nitro groups is 1. The van der Waals surface area contributed by atoms with Gasteiger partial charge in [0.1, 0.15) is 23.8 Å². The van der Waals surface area contributed by atoms with Crippen LogP contribution in [-0.4, -0.2) is 94.3 Å². The number of hydrogen-bond acceptors (Lipinski definition) is 11. The second kappa shape index (κ2) is 13.2. The van der Waals surface area contributed by atoms with Crippen LogP contribution in [-0.2, 0) is 11.3 Å². The fourth-order valence-electron chi connectivity index (χ4n) is 4.87. The molecule has 0 amide bonds. The van der Waals surface area contributed by atoms with Crippen molar-refractivity contribution < 1.29 is 14.5 Å². The predicted octanol–water partition coefficient (Wildman–Crippen LogP) is 3.54. The number of nitrogens with zero attached hydrogens (tertiary/aromatic N) is 8. The summed E-state index contributed by atoms with van der Waals surface area (Å²) in [5.74, 6) is 0.519. The van der Waals surface area contributed by atoms with Gasteiger partial charge in [0.2, 0.25) is 5.96 Å². The van der Waals surface area contributed by atoms with Crippen molar-refractivity contribution in [3.05, 3.63) is 63.9 Å². The lowest BCUT2D eigenvalue weighted by Crippen LogP contribution is -2.29. The SMILES string of the molecule is COc1cc(N(C)CCN(C)C)c([N+](=O)[O-])cc1NC1=NCC=C(C#N)C(c2cn(CC=O)c3c(N(C)C)cccc23)=N1. The summed E-state index contributed by atoms with van der Waals surface area (Å²) in [5.41, 5.74) is 3.68. The number of carbonyl (C=O) groups excluding carboxylic acids is 1. The number of methoxy groups -OCH3 is 1. The number of aldehydes is 1. The zero-order valence-electron chi connectivity index (χ0n) is 25.2. The summed E-state index contributed by atoms with van der Waals surface area (Å²) in [4.78, 5) is 38.2. The first kappa shape index (κ1) is 30.7. The monoisotopic (exact) mass is 585 g/mol. The molecule has 0 radical (unpaired) electrons. The molecule has 0 unspecified atom stereocenters. The number of aromatic nitrogens is 1. The third-order valence-corrected chi connectivity index (χ3v) is 7.05. The van der Waals surface area contributed by atoms with Crippen molar-refractivity contribution in [2.75, 3.05) is 77.1 Å². The minimum Gasteiger partial charge on any atom is -0.494 e. The van der Waals surface area contributed by atoms with E-state index in [1.165, 1.54) is 13.2 Å². The van der Waals surface area contributed by atoms with E-state index in [2.05, 4.69) is 16.4 Å². The molecule has 1 aliphatic heterocycles. The van der Waals surface area contributed by atoms with Gasteiger partial charge in [0.25, 0.3) is 5.69 Å². The maximum atomic E-state index is 12.1. The number of nitrogens with one attached hydrogen (secondary N) is 1. The van der Waals surface area contributed by atoms with Crippen molar-refractivity contribution in [1.82, 2.24) is 9.47 Å². The normalized spacial score (nSPS) is 13.0. The summed E-state index contributed by atoms with van der Waals surface area (Å²) < 4.78 is 7.45. The Hall–Kier alpha value is -5.22. The van der Waals surface area contributed by atoms with Crippen LogP contribution in [0.5, 0.6) is 5.75 Å². The lowest BCUT2D eigenvalue weighted by atomic mass is 10.0. The molecular weight excluding hydrogens is 550 g/mol. The molecule has 1 N–H and O–H groups in total. The van der Waals surface area contributed by atoms with Gasteiger partial charge in [0, 0.05) is 63.5 Å². The smallest absolute Gasteiger partial charge is 0.294 e. The van der Waals surface area contributed by atoms with Crippen molar-refractivity contribution in [2.45, 2.75) is 6.54 Å². The van der Waals surface area contributed by atoms with Gasteiger partial charge in [0.15, 0.2) is 0 Å². The molecule has 13 heteroatoms. The largest absolute Gasteiger partial charge is 0.494 e. The molecule has 0 spiro atoms. The topological polar surface area (TPSA) is 145 Å². The zero-order valence-corrected chi connectivity index (χ0v) is 25.2. The number of ether oxygens (including phenoxy) is 1. The summed E-state index contributed by atoms with van der Waals surface area (Å²) in [7, 11) is 11.0. The Labute approximate surface area is 250 Å². The zero-order chi connectivity index (χ0) is 31.3. The number of fused-ring (bicyclic) bond motifs is 1. The number of allylic oxidation sites excluding steroid dienone is 1. The highest BCUT2D eigenvalue weighted by atomic mass is 16.6. The van der Waals surface area contributed by atoms with Crippen LogP contribution in [0.3, 0.4) is 0 Å². The van der Waals surface area contributed by atoms with Crippen molar-refractivity contribution in [2.24, 2.45) is 9.98 Å². The molecule has 0 fully saturated rings. The van der Waals surface area contributed by atoms with Gasteiger partial charge in [-0.3, -0.25) is 10.1 Å². The number of para-hydroxylation sites is 1. The van der Waals surface area contributed by atoms with Gasteiger partial charge in [-0.1, -0.05) is 12.1 Å². The van der Waals surface area contributed by atoms with E-state index < -0.39 is 4.92 Å². The third-order valence-electron chi connectivity index (χ3n) is 7.05. The molecule has 0 saturated heterocycles. The van der Waals surface area contributed by atoms with Gasteiger partial charge in [-0.05, 0) is 26.2 Å². The van der Waals surface area contributed by atoms with Crippen LogP contribution in [0.15, 0.2) is 58.2 Å². The molecule has 2 aromatic carbocycles. The number of nitriles is 1. The molecular formula is C30H35N9O4. The van der Waals surface area contributed by atoms with Crippen molar-refractivity contribution in [3.8, 4) is 11.8 Å². The second-order valence-electron chi connectivity index (χ2n) is 10.4. The van der Waals surface area contributed by atoms with Crippen molar-refractivity contribution in [1.29, 1.82) is 5.26 Å². The Morgan fingerprint density at radius 3 is 2.58 bits per heavy atom. The van der Waals surface area contributed by atoms with Crippen LogP contribution in [0.1, 0.15) is 5.56 Å². The van der Waals surface area contributed by atoms with E-state index in [1.54, 1.807) is 19.2 Å². The van der Waals surface area contributed by atoms with Crippen LogP contribution in [0.25, 0.3) is 10.9 Å². The van der Waals surface area contributed by atoms with Crippen LogP contribution in [0.2, 0.25) is 0 Å². The quantitative estimate of drug-likeness (QED) is 0.203. The number of nitro benzene ring substituents is 1. The molecule has 4 rings (SSSR count). The summed E-state index contributed by atoms with van der Waals surface area (Å²) in [6, 6.07) is 11.0. The Balaban J connectivity index is 1.82. The molecule has 0 saturated carbocycles. The van der Waals surface area contributed by atoms with E-state index in [4.69, 9.17) is 9.73 Å². The third kappa shape index (κ3) is 6.49. The maximum Gasteiger partial charge on any atom is 0.294 e. The maximum absolute atomic E-state index is 12.1. The van der Waals surface area contributed by atoms with E-state index >= 15 is 0 Å². The molecule has 0 aliphatic carbocycles. The van der Waals surface area contributed by atoms with Gasteiger partial charge in [-0.15, -0.1) is 0 Å². The number of benzene rings is 2. The van der Waals surface area contributed by atoms with Gasteiger partial charge < -0.3 is 34.1 Å². The molecule has 0 atom stereocenters. The van der Waals surface area contributed by atoms with E-state index in [1.807, 2.05) is 71.9 Å². The Morgan fingerprint density at radius 2 is 1.95 bits per heavy atom. The summed E-state index contributed by atoms with van der Waals surface area (Å²) in [6.45, 7) is 1.55. The first-order valence-electron chi connectivity index (χ1n) is 13.6. The molecule has 1 aromatic heterocycles. The van der Waals surface area contributed by atoms with Crippen molar-refractivity contribution in [3.63, 3.8) is 0 Å². The lowest BCUT2D eigenvalue weighted by Gasteiger charge is -2.22. The molecule has 0 bridgehead atoms. The van der Waals surface area contributed by atoms with E-state index in [0.717, 1.165) is 22.9 Å². The number of rotatable bonds is 11. The number of guanidine groups is 1. The summed E-state index contributed by atoms with van der Waals surface area (Å²) in [6.07, 6.45) is 4.30. The fraction of sp³-hybridized carbons (Fsp3) is 0.333. The summed E-state index contributed by atoms with van der Waals surface area (Å²) in [5, 5.41) is 26.1. The number of aliphatic imine (C=N–C) groups is 2. The first-order chi connectivity index (χ1) is 20.6. The highest BCUT2D eigenvalue weighted by Crippen LogP contribution is 2.38. The van der Waals surface area contributed by atoms with Gasteiger partial charge in [-0.25, -0.2) is 9.98 Å². The average molecular weight is 586 g/mol. The van der Waals surface area contributed by atoms with E-state index in [0.29, 0.717) is 47.1 Å². The molecule has 3 aromatic rings. The highest BCUT2D eigenvalue weighted by Gasteiger charge is 2.25. The first-order valence-corrected chi connectivity index (χ1v) is 13.6. The highest BCUT2D eigenvalue weighted by molar-refractivity contribution is 6.25.